The Morgan fingerprint density at radius 3 is 2.07 bits per heavy atom. The van der Waals surface area contributed by atoms with Gasteiger partial charge >= 0.3 is 0 Å². The standard InChI is InChI=1S/C28H26N6O6S/c1-3-13-31(14-4-2)27(36)24-23(18-7-11-20(12-8-18)34(39)40)21(16-29)25(30)32-26(35)22(41-28(24)32)15-17-5-9-19(10-6-17)33(37)38/h5-12,15,23H,3-4,13-14,30H2,1-2H3/b22-15+. The van der Waals surface area contributed by atoms with Crippen LogP contribution >= 0.6 is 11.3 Å². The Labute approximate surface area is 237 Å². The summed E-state index contributed by atoms with van der Waals surface area (Å²) < 4.78 is 1.62. The van der Waals surface area contributed by atoms with Gasteiger partial charge in [-0.1, -0.05) is 26.0 Å². The van der Waals surface area contributed by atoms with Crippen LogP contribution < -0.4 is 20.5 Å². The number of allylic oxidation sites excluding steroid dienone is 1. The molecule has 1 aliphatic heterocycles. The number of non-ortho nitro benzene ring substituents is 2. The van der Waals surface area contributed by atoms with Crippen LogP contribution in [-0.2, 0) is 4.79 Å². The van der Waals surface area contributed by atoms with E-state index in [1.165, 1.54) is 48.5 Å². The van der Waals surface area contributed by atoms with Gasteiger partial charge in [0.15, 0.2) is 0 Å². The van der Waals surface area contributed by atoms with Crippen LogP contribution in [0.25, 0.3) is 17.5 Å². The Balaban J connectivity index is 2.05. The van der Waals surface area contributed by atoms with Crippen molar-refractivity contribution in [1.82, 2.24) is 9.47 Å². The van der Waals surface area contributed by atoms with Crippen molar-refractivity contribution in [1.29, 1.82) is 5.26 Å². The molecule has 0 saturated heterocycles. The van der Waals surface area contributed by atoms with E-state index >= 15 is 0 Å². The molecule has 0 bridgehead atoms. The van der Waals surface area contributed by atoms with Crippen molar-refractivity contribution in [2.75, 3.05) is 13.1 Å². The molecule has 1 aromatic heterocycles. The number of nitrogens with two attached hydrogens (primary N) is 1. The number of nitro groups is 2. The molecule has 13 heteroatoms. The predicted octanol–water partition coefficient (Wildman–Crippen LogP) is 2.80. The third kappa shape index (κ3) is 5.50. The van der Waals surface area contributed by atoms with Gasteiger partial charge in [0.25, 0.3) is 22.8 Å². The molecular formula is C28H26N6O6S. The van der Waals surface area contributed by atoms with Crippen molar-refractivity contribution < 1.29 is 14.6 Å². The molecule has 2 N–H and O–H groups in total. The third-order valence-electron chi connectivity index (χ3n) is 6.61. The molecule has 1 atom stereocenters. The number of thiazole rings is 1. The molecule has 0 radical (unpaired) electrons. The van der Waals surface area contributed by atoms with Crippen molar-refractivity contribution in [3.05, 3.63) is 105 Å². The number of carbonyl (C=O) groups is 1. The van der Waals surface area contributed by atoms with Crippen LogP contribution in [0.2, 0.25) is 0 Å². The number of hydrogen-bond acceptors (Lipinski definition) is 9. The van der Waals surface area contributed by atoms with E-state index < -0.39 is 21.3 Å². The van der Waals surface area contributed by atoms with Crippen LogP contribution in [0.3, 0.4) is 0 Å². The number of hydrogen-bond donors (Lipinski definition) is 1. The van der Waals surface area contributed by atoms with Crippen LogP contribution in [0.5, 0.6) is 0 Å². The maximum absolute atomic E-state index is 14.2. The summed E-state index contributed by atoms with van der Waals surface area (Å²) in [4.78, 5) is 50.7. The first-order valence-electron chi connectivity index (χ1n) is 12.8. The number of fused-ring (bicyclic) bond motifs is 1. The van der Waals surface area contributed by atoms with Crippen molar-refractivity contribution >= 4 is 46.1 Å². The third-order valence-corrected chi connectivity index (χ3v) is 7.72. The summed E-state index contributed by atoms with van der Waals surface area (Å²) in [6.07, 6.45) is 2.90. The molecule has 0 spiro atoms. The second-order valence-electron chi connectivity index (χ2n) is 9.30. The minimum atomic E-state index is -0.963. The molecule has 41 heavy (non-hydrogen) atoms. The minimum Gasteiger partial charge on any atom is -0.384 e. The van der Waals surface area contributed by atoms with Gasteiger partial charge in [-0.3, -0.25) is 34.4 Å². The summed E-state index contributed by atoms with van der Waals surface area (Å²) in [7, 11) is 0. The number of amides is 1. The van der Waals surface area contributed by atoms with Gasteiger partial charge in [0.2, 0.25) is 0 Å². The van der Waals surface area contributed by atoms with E-state index in [4.69, 9.17) is 5.73 Å². The predicted molar refractivity (Wildman–Crippen MR) is 154 cm³/mol. The van der Waals surface area contributed by atoms with Gasteiger partial charge in [-0.05, 0) is 42.2 Å². The van der Waals surface area contributed by atoms with E-state index in [0.717, 1.165) is 15.9 Å². The highest BCUT2D eigenvalue weighted by Crippen LogP contribution is 2.37. The quantitative estimate of drug-likeness (QED) is 0.299. The van der Waals surface area contributed by atoms with Gasteiger partial charge < -0.3 is 10.6 Å². The van der Waals surface area contributed by atoms with E-state index in [0.29, 0.717) is 37.1 Å². The highest BCUT2D eigenvalue weighted by Gasteiger charge is 2.37. The van der Waals surface area contributed by atoms with Crippen molar-refractivity contribution in [2.45, 2.75) is 32.6 Å². The number of nitro benzene ring substituents is 2. The van der Waals surface area contributed by atoms with Crippen LogP contribution in [0.1, 0.15) is 43.7 Å². The zero-order chi connectivity index (χ0) is 29.8. The topological polar surface area (TPSA) is 178 Å². The fourth-order valence-corrected chi connectivity index (χ4v) is 5.91. The summed E-state index contributed by atoms with van der Waals surface area (Å²) >= 11 is 1.02. The number of rotatable bonds is 9. The molecule has 2 heterocycles. The zero-order valence-corrected chi connectivity index (χ0v) is 23.1. The van der Waals surface area contributed by atoms with E-state index in [1.54, 1.807) is 11.0 Å². The summed E-state index contributed by atoms with van der Waals surface area (Å²) in [5.74, 6) is -1.46. The average molecular weight is 575 g/mol. The lowest BCUT2D eigenvalue weighted by Gasteiger charge is -2.29. The highest BCUT2D eigenvalue weighted by atomic mass is 32.1. The van der Waals surface area contributed by atoms with Gasteiger partial charge in [-0.25, -0.2) is 0 Å². The second-order valence-corrected chi connectivity index (χ2v) is 10.3. The van der Waals surface area contributed by atoms with Gasteiger partial charge in [0, 0.05) is 37.4 Å². The maximum Gasteiger partial charge on any atom is 0.274 e. The number of nitriles is 1. The molecule has 4 rings (SSSR count). The molecule has 3 aromatic rings. The number of carbonyl (C=O) groups excluding carboxylic acids is 1. The molecule has 1 unspecified atom stereocenters. The largest absolute Gasteiger partial charge is 0.384 e. The molecule has 1 aliphatic rings. The van der Waals surface area contributed by atoms with Gasteiger partial charge in [0.05, 0.1) is 37.5 Å². The Morgan fingerprint density at radius 2 is 1.59 bits per heavy atom. The maximum atomic E-state index is 14.2. The Bertz CT molecular complexity index is 1780. The molecule has 12 nitrogen and oxygen atoms in total. The fourth-order valence-electron chi connectivity index (χ4n) is 4.74. The van der Waals surface area contributed by atoms with E-state index in [2.05, 4.69) is 6.07 Å². The smallest absolute Gasteiger partial charge is 0.274 e. The van der Waals surface area contributed by atoms with Gasteiger partial charge in [-0.15, -0.1) is 11.3 Å². The Kier molecular flexibility index (Phi) is 8.44. The second kappa shape index (κ2) is 12.0. The molecule has 0 fully saturated rings. The molecule has 210 valence electrons. The van der Waals surface area contributed by atoms with Crippen molar-refractivity contribution in [2.24, 2.45) is 5.73 Å². The lowest BCUT2D eigenvalue weighted by Crippen LogP contribution is -2.43. The molecule has 2 aromatic carbocycles. The van der Waals surface area contributed by atoms with Crippen LogP contribution in [-0.4, -0.2) is 38.3 Å². The Hall–Kier alpha value is -5.09. The molecule has 1 amide bonds. The first-order valence-corrected chi connectivity index (χ1v) is 13.6. The summed E-state index contributed by atoms with van der Waals surface area (Å²) in [6, 6.07) is 13.3. The van der Waals surface area contributed by atoms with Crippen LogP contribution in [0.15, 0.2) is 58.9 Å². The van der Waals surface area contributed by atoms with E-state index in [-0.39, 0.29) is 43.4 Å². The fraction of sp³-hybridized carbons (Fsp3) is 0.250. The number of benzene rings is 2. The van der Waals surface area contributed by atoms with Gasteiger partial charge in [0.1, 0.15) is 10.5 Å². The van der Waals surface area contributed by atoms with Crippen LogP contribution in [0.4, 0.5) is 11.4 Å². The summed E-state index contributed by atoms with van der Waals surface area (Å²) in [5, 5.41) is 32.5. The van der Waals surface area contributed by atoms with Gasteiger partial charge in [-0.2, -0.15) is 5.26 Å². The molecular weight excluding hydrogens is 548 g/mol. The highest BCUT2D eigenvalue weighted by molar-refractivity contribution is 7.07. The number of aromatic nitrogens is 1. The normalized spacial score (nSPS) is 14.9. The molecule has 0 saturated carbocycles. The molecule has 0 aliphatic carbocycles. The summed E-state index contributed by atoms with van der Waals surface area (Å²) in [6.45, 7) is 4.77. The van der Waals surface area contributed by atoms with Crippen molar-refractivity contribution in [3.63, 3.8) is 0 Å². The monoisotopic (exact) mass is 574 g/mol. The minimum absolute atomic E-state index is 0.0237. The first-order chi connectivity index (χ1) is 19.6. The van der Waals surface area contributed by atoms with E-state index in [9.17, 15) is 35.1 Å². The average Bonchev–Trinajstić information content (AvgIpc) is 3.28. The van der Waals surface area contributed by atoms with Crippen LogP contribution in [0, 0.1) is 31.6 Å². The first kappa shape index (κ1) is 28.9. The zero-order valence-electron chi connectivity index (χ0n) is 22.3. The lowest BCUT2D eigenvalue weighted by molar-refractivity contribution is -0.385. The van der Waals surface area contributed by atoms with Crippen molar-refractivity contribution in [3.8, 4) is 6.07 Å². The SMILES string of the molecule is CCCN(CCC)C(=O)C1=c2s/c(=C/c3ccc([N+](=O)[O-])cc3)c(=O)n2C(N)=C(C#N)C1c1ccc([N+](=O)[O-])cc1. The lowest BCUT2D eigenvalue weighted by atomic mass is 9.83. The Morgan fingerprint density at radius 1 is 1.05 bits per heavy atom. The summed E-state index contributed by atoms with van der Waals surface area (Å²) in [5.41, 5.74) is 6.74. The number of nitrogens with zero attached hydrogens (tertiary/aromatic N) is 5. The van der Waals surface area contributed by atoms with E-state index in [1.807, 2.05) is 13.8 Å².